The topological polar surface area (TPSA) is 40.7 Å². The van der Waals surface area contributed by atoms with Crippen LogP contribution in [0, 0.1) is 6.92 Å². The monoisotopic (exact) mass is 263 g/mol. The number of aryl methyl sites for hydroxylation is 1. The molecule has 0 aliphatic rings. The molecular weight excluding hydrogens is 246 g/mol. The van der Waals surface area contributed by atoms with Gasteiger partial charge in [-0.15, -0.1) is 0 Å². The fourth-order valence-electron chi connectivity index (χ4n) is 2.24. The van der Waals surface area contributed by atoms with Crippen molar-refractivity contribution in [2.75, 3.05) is 5.32 Å². The van der Waals surface area contributed by atoms with E-state index in [0.717, 1.165) is 23.5 Å². The van der Waals surface area contributed by atoms with Crippen molar-refractivity contribution in [1.82, 2.24) is 10.2 Å². The highest BCUT2D eigenvalue weighted by atomic mass is 15.1. The Morgan fingerprint density at radius 3 is 2.75 bits per heavy atom. The zero-order valence-electron chi connectivity index (χ0n) is 11.4. The third-order valence-electron chi connectivity index (χ3n) is 3.25. The average molecular weight is 263 g/mol. The van der Waals surface area contributed by atoms with Crippen LogP contribution in [0.25, 0.3) is 11.3 Å². The summed E-state index contributed by atoms with van der Waals surface area (Å²) in [7, 11) is 0. The first-order chi connectivity index (χ1) is 9.81. The van der Waals surface area contributed by atoms with E-state index in [0.29, 0.717) is 0 Å². The Kier molecular flexibility index (Phi) is 3.50. The first kappa shape index (κ1) is 12.5. The Labute approximate surface area is 118 Å². The Bertz CT molecular complexity index is 687. The van der Waals surface area contributed by atoms with E-state index in [1.807, 2.05) is 6.07 Å². The lowest BCUT2D eigenvalue weighted by Crippen LogP contribution is -1.99. The van der Waals surface area contributed by atoms with Crippen molar-refractivity contribution in [1.29, 1.82) is 0 Å². The van der Waals surface area contributed by atoms with Crippen LogP contribution >= 0.6 is 0 Å². The summed E-state index contributed by atoms with van der Waals surface area (Å²) in [6.45, 7) is 2.94. The van der Waals surface area contributed by atoms with Crippen molar-refractivity contribution in [3.8, 4) is 11.3 Å². The molecule has 0 radical (unpaired) electrons. The van der Waals surface area contributed by atoms with Gasteiger partial charge in [0, 0.05) is 24.0 Å². The Hall–Kier alpha value is -2.55. The molecule has 0 bridgehead atoms. The molecule has 0 aliphatic heterocycles. The lowest BCUT2D eigenvalue weighted by atomic mass is 10.1. The molecule has 3 rings (SSSR count). The van der Waals surface area contributed by atoms with E-state index in [4.69, 9.17) is 0 Å². The standard InChI is InChI=1S/C17H17N3/c1-13-4-2-5-14(10-13)12-18-16-7-3-6-15(11-16)17-8-9-19-20-17/h2-11,18H,12H2,1H3,(H,19,20). The number of aromatic amines is 1. The minimum Gasteiger partial charge on any atom is -0.381 e. The van der Waals surface area contributed by atoms with E-state index in [-0.39, 0.29) is 0 Å². The SMILES string of the molecule is Cc1cccc(CNc2cccc(-c3ccn[nH]3)c2)c1. The third kappa shape index (κ3) is 2.88. The summed E-state index contributed by atoms with van der Waals surface area (Å²) in [4.78, 5) is 0. The molecular formula is C17H17N3. The van der Waals surface area contributed by atoms with Crippen molar-refractivity contribution >= 4 is 5.69 Å². The second-order valence-corrected chi connectivity index (χ2v) is 4.89. The minimum atomic E-state index is 0.827. The molecule has 0 spiro atoms. The first-order valence-corrected chi connectivity index (χ1v) is 6.70. The number of rotatable bonds is 4. The Morgan fingerprint density at radius 1 is 1.05 bits per heavy atom. The molecule has 3 aromatic rings. The predicted molar refractivity (Wildman–Crippen MR) is 82.5 cm³/mol. The van der Waals surface area contributed by atoms with Gasteiger partial charge in [0.25, 0.3) is 0 Å². The van der Waals surface area contributed by atoms with Crippen molar-refractivity contribution in [2.45, 2.75) is 13.5 Å². The molecule has 0 atom stereocenters. The maximum absolute atomic E-state index is 3.99. The fraction of sp³-hybridized carbons (Fsp3) is 0.118. The van der Waals surface area contributed by atoms with Crippen molar-refractivity contribution in [2.24, 2.45) is 0 Å². The van der Waals surface area contributed by atoms with Crippen molar-refractivity contribution < 1.29 is 0 Å². The average Bonchev–Trinajstić information content (AvgIpc) is 3.00. The molecule has 0 unspecified atom stereocenters. The maximum Gasteiger partial charge on any atom is 0.0650 e. The molecule has 1 heterocycles. The van der Waals surface area contributed by atoms with Crippen LogP contribution in [0.5, 0.6) is 0 Å². The zero-order valence-corrected chi connectivity index (χ0v) is 11.4. The van der Waals surface area contributed by atoms with Gasteiger partial charge >= 0.3 is 0 Å². The van der Waals surface area contributed by atoms with Crippen LogP contribution in [0.2, 0.25) is 0 Å². The van der Waals surface area contributed by atoms with Crippen molar-refractivity contribution in [3.63, 3.8) is 0 Å². The van der Waals surface area contributed by atoms with E-state index < -0.39 is 0 Å². The van der Waals surface area contributed by atoms with Gasteiger partial charge in [0.2, 0.25) is 0 Å². The highest BCUT2D eigenvalue weighted by Gasteiger charge is 2.00. The summed E-state index contributed by atoms with van der Waals surface area (Å²) in [6.07, 6.45) is 1.77. The lowest BCUT2D eigenvalue weighted by molar-refractivity contribution is 1.09. The van der Waals surface area contributed by atoms with Gasteiger partial charge in [0.1, 0.15) is 0 Å². The van der Waals surface area contributed by atoms with E-state index in [1.165, 1.54) is 11.1 Å². The van der Waals surface area contributed by atoms with E-state index in [9.17, 15) is 0 Å². The van der Waals surface area contributed by atoms with Gasteiger partial charge in [-0.3, -0.25) is 5.10 Å². The van der Waals surface area contributed by atoms with Crippen molar-refractivity contribution in [3.05, 3.63) is 71.9 Å². The largest absolute Gasteiger partial charge is 0.381 e. The summed E-state index contributed by atoms with van der Waals surface area (Å²) in [5.74, 6) is 0. The van der Waals surface area contributed by atoms with E-state index in [2.05, 4.69) is 71.0 Å². The van der Waals surface area contributed by atoms with Gasteiger partial charge in [-0.25, -0.2) is 0 Å². The number of hydrogen-bond donors (Lipinski definition) is 2. The molecule has 2 aromatic carbocycles. The second-order valence-electron chi connectivity index (χ2n) is 4.89. The van der Waals surface area contributed by atoms with Crippen LogP contribution in [-0.2, 0) is 6.54 Å². The van der Waals surface area contributed by atoms with E-state index in [1.54, 1.807) is 6.20 Å². The number of nitrogens with zero attached hydrogens (tertiary/aromatic N) is 1. The molecule has 20 heavy (non-hydrogen) atoms. The summed E-state index contributed by atoms with van der Waals surface area (Å²) in [5.41, 5.74) is 5.85. The smallest absolute Gasteiger partial charge is 0.0650 e. The molecule has 1 aromatic heterocycles. The van der Waals surface area contributed by atoms with Crippen LogP contribution in [0.3, 0.4) is 0 Å². The summed E-state index contributed by atoms with van der Waals surface area (Å²) < 4.78 is 0. The first-order valence-electron chi connectivity index (χ1n) is 6.70. The van der Waals surface area contributed by atoms with Crippen LogP contribution in [-0.4, -0.2) is 10.2 Å². The molecule has 0 amide bonds. The quantitative estimate of drug-likeness (QED) is 0.747. The number of benzene rings is 2. The number of H-pyrrole nitrogens is 1. The predicted octanol–water partition coefficient (Wildman–Crippen LogP) is 4.00. The molecule has 3 heteroatoms. The summed E-state index contributed by atoms with van der Waals surface area (Å²) in [6, 6.07) is 18.8. The molecule has 0 saturated carbocycles. The molecule has 2 N–H and O–H groups in total. The summed E-state index contributed by atoms with van der Waals surface area (Å²) >= 11 is 0. The van der Waals surface area contributed by atoms with Gasteiger partial charge < -0.3 is 5.32 Å². The Balaban J connectivity index is 1.73. The van der Waals surface area contributed by atoms with Gasteiger partial charge in [0.15, 0.2) is 0 Å². The zero-order chi connectivity index (χ0) is 13.8. The van der Waals surface area contributed by atoms with Crippen LogP contribution in [0.15, 0.2) is 60.8 Å². The normalized spacial score (nSPS) is 10.4. The molecule has 3 nitrogen and oxygen atoms in total. The maximum atomic E-state index is 3.99. The molecule has 0 saturated heterocycles. The third-order valence-corrected chi connectivity index (χ3v) is 3.25. The van der Waals surface area contributed by atoms with Gasteiger partial charge in [-0.1, -0.05) is 42.0 Å². The second kappa shape index (κ2) is 5.61. The minimum absolute atomic E-state index is 0.827. The number of aromatic nitrogens is 2. The molecule has 100 valence electrons. The van der Waals surface area contributed by atoms with Crippen LogP contribution in [0.4, 0.5) is 5.69 Å². The highest BCUT2D eigenvalue weighted by Crippen LogP contribution is 2.20. The van der Waals surface area contributed by atoms with Gasteiger partial charge in [-0.05, 0) is 30.7 Å². The van der Waals surface area contributed by atoms with Crippen LogP contribution in [0.1, 0.15) is 11.1 Å². The van der Waals surface area contributed by atoms with Gasteiger partial charge in [0.05, 0.1) is 5.69 Å². The molecule has 0 fully saturated rings. The summed E-state index contributed by atoms with van der Waals surface area (Å²) in [5, 5.41) is 10.4. The lowest BCUT2D eigenvalue weighted by Gasteiger charge is -2.08. The van der Waals surface area contributed by atoms with Gasteiger partial charge in [-0.2, -0.15) is 5.10 Å². The number of nitrogens with one attached hydrogen (secondary N) is 2. The Morgan fingerprint density at radius 2 is 1.95 bits per heavy atom. The number of anilines is 1. The fourth-order valence-corrected chi connectivity index (χ4v) is 2.24. The van der Waals surface area contributed by atoms with Crippen LogP contribution < -0.4 is 5.32 Å². The molecule has 0 aliphatic carbocycles. The number of hydrogen-bond acceptors (Lipinski definition) is 2. The highest BCUT2D eigenvalue weighted by molar-refractivity contribution is 5.64. The van der Waals surface area contributed by atoms with E-state index >= 15 is 0 Å².